The molecule has 1 rings (SSSR count). The summed E-state index contributed by atoms with van der Waals surface area (Å²) in [6.45, 7) is 5.35. The lowest BCUT2D eigenvalue weighted by Gasteiger charge is -2.28. The molecule has 1 amide bonds. The van der Waals surface area contributed by atoms with Crippen LogP contribution in [0.1, 0.15) is 20.3 Å². The molecule has 0 spiro atoms. The Labute approximate surface area is 95.6 Å². The molecule has 92 valence electrons. The highest BCUT2D eigenvalue weighted by atomic mass is 16.6. The molecule has 1 heterocycles. The van der Waals surface area contributed by atoms with Gasteiger partial charge in [0, 0.05) is 19.2 Å². The van der Waals surface area contributed by atoms with Gasteiger partial charge in [-0.25, -0.2) is 0 Å². The zero-order valence-electron chi connectivity index (χ0n) is 9.81. The molecule has 5 heteroatoms. The molecular formula is C11H19NO4. The number of hydrogen-bond donors (Lipinski definition) is 1. The van der Waals surface area contributed by atoms with Crippen LogP contribution >= 0.6 is 0 Å². The van der Waals surface area contributed by atoms with Crippen LogP contribution in [0.15, 0.2) is 12.0 Å². The van der Waals surface area contributed by atoms with Gasteiger partial charge in [-0.05, 0) is 20.3 Å². The lowest BCUT2D eigenvalue weighted by atomic mass is 10.2. The fourth-order valence-electron chi connectivity index (χ4n) is 1.46. The van der Waals surface area contributed by atoms with Crippen LogP contribution in [0.5, 0.6) is 0 Å². The van der Waals surface area contributed by atoms with Crippen LogP contribution in [0, 0.1) is 0 Å². The molecule has 0 unspecified atom stereocenters. The van der Waals surface area contributed by atoms with E-state index in [1.807, 2.05) is 13.8 Å². The van der Waals surface area contributed by atoms with Crippen molar-refractivity contribution in [2.24, 2.45) is 0 Å². The standard InChI is InChI=1S/C11H19NO4/c1-9(2)12(4-3-5-13)11(14)10-8-15-6-7-16-10/h8-9,13H,3-7H2,1-2H3. The van der Waals surface area contributed by atoms with Crippen molar-refractivity contribution in [2.75, 3.05) is 26.4 Å². The van der Waals surface area contributed by atoms with Crippen molar-refractivity contribution in [1.82, 2.24) is 4.90 Å². The first-order chi connectivity index (χ1) is 7.66. The second-order valence-corrected chi connectivity index (χ2v) is 3.87. The fourth-order valence-corrected chi connectivity index (χ4v) is 1.46. The van der Waals surface area contributed by atoms with Crippen LogP contribution in [-0.4, -0.2) is 48.3 Å². The molecule has 0 saturated carbocycles. The van der Waals surface area contributed by atoms with E-state index in [0.29, 0.717) is 26.2 Å². The average molecular weight is 229 g/mol. The van der Waals surface area contributed by atoms with Crippen LogP contribution < -0.4 is 0 Å². The predicted octanol–water partition coefficient (Wildman–Crippen LogP) is 0.494. The summed E-state index contributed by atoms with van der Waals surface area (Å²) in [7, 11) is 0. The second-order valence-electron chi connectivity index (χ2n) is 3.87. The molecule has 16 heavy (non-hydrogen) atoms. The highest BCUT2D eigenvalue weighted by Gasteiger charge is 2.23. The third kappa shape index (κ3) is 3.41. The molecule has 0 fully saturated rings. The van der Waals surface area contributed by atoms with Crippen molar-refractivity contribution in [1.29, 1.82) is 0 Å². The lowest BCUT2D eigenvalue weighted by molar-refractivity contribution is -0.134. The zero-order chi connectivity index (χ0) is 12.0. The summed E-state index contributed by atoms with van der Waals surface area (Å²) >= 11 is 0. The maximum absolute atomic E-state index is 12.0. The highest BCUT2D eigenvalue weighted by molar-refractivity contribution is 5.91. The molecule has 0 aliphatic carbocycles. The van der Waals surface area contributed by atoms with Gasteiger partial charge >= 0.3 is 0 Å². The smallest absolute Gasteiger partial charge is 0.292 e. The third-order valence-electron chi connectivity index (χ3n) is 2.30. The summed E-state index contributed by atoms with van der Waals surface area (Å²) in [6, 6.07) is 0.0745. The van der Waals surface area contributed by atoms with E-state index < -0.39 is 0 Å². The Hall–Kier alpha value is -1.23. The number of aliphatic hydroxyl groups is 1. The molecule has 1 aliphatic rings. The molecule has 0 saturated heterocycles. The normalized spacial score (nSPS) is 15.1. The summed E-state index contributed by atoms with van der Waals surface area (Å²) in [6.07, 6.45) is 1.93. The number of amides is 1. The summed E-state index contributed by atoms with van der Waals surface area (Å²) in [4.78, 5) is 13.7. The van der Waals surface area contributed by atoms with Gasteiger partial charge in [-0.2, -0.15) is 0 Å². The summed E-state index contributed by atoms with van der Waals surface area (Å²) in [5.41, 5.74) is 0. The quantitative estimate of drug-likeness (QED) is 0.745. The van der Waals surface area contributed by atoms with Gasteiger partial charge in [0.2, 0.25) is 5.76 Å². The van der Waals surface area contributed by atoms with Gasteiger partial charge in [-0.15, -0.1) is 0 Å². The van der Waals surface area contributed by atoms with Crippen LogP contribution in [-0.2, 0) is 14.3 Å². The molecular weight excluding hydrogens is 210 g/mol. The third-order valence-corrected chi connectivity index (χ3v) is 2.30. The maximum Gasteiger partial charge on any atom is 0.292 e. The fraction of sp³-hybridized carbons (Fsp3) is 0.727. The summed E-state index contributed by atoms with van der Waals surface area (Å²) in [5, 5.41) is 8.78. The first kappa shape index (κ1) is 12.8. The second kappa shape index (κ2) is 6.37. The molecule has 0 bridgehead atoms. The lowest BCUT2D eigenvalue weighted by Crippen LogP contribution is -2.40. The van der Waals surface area contributed by atoms with Gasteiger partial charge in [0.05, 0.1) is 0 Å². The Morgan fingerprint density at radius 3 is 2.81 bits per heavy atom. The Morgan fingerprint density at radius 2 is 2.31 bits per heavy atom. The summed E-state index contributed by atoms with van der Waals surface area (Å²) < 4.78 is 10.3. The zero-order valence-corrected chi connectivity index (χ0v) is 9.81. The SMILES string of the molecule is CC(C)N(CCCO)C(=O)C1=COCCO1. The first-order valence-corrected chi connectivity index (χ1v) is 5.53. The number of ether oxygens (including phenoxy) is 2. The van der Waals surface area contributed by atoms with Gasteiger partial charge < -0.3 is 19.5 Å². The number of rotatable bonds is 5. The minimum atomic E-state index is -0.178. The molecule has 0 aromatic heterocycles. The first-order valence-electron chi connectivity index (χ1n) is 5.53. The average Bonchev–Trinajstić information content (AvgIpc) is 2.30. The van der Waals surface area contributed by atoms with Crippen molar-refractivity contribution in [3.05, 3.63) is 12.0 Å². The predicted molar refractivity (Wildman–Crippen MR) is 58.5 cm³/mol. The van der Waals surface area contributed by atoms with Gasteiger partial charge in [-0.1, -0.05) is 0 Å². The van der Waals surface area contributed by atoms with Crippen molar-refractivity contribution < 1.29 is 19.4 Å². The minimum Gasteiger partial charge on any atom is -0.494 e. The Balaban J connectivity index is 2.62. The number of carbonyl (C=O) groups excluding carboxylic acids is 1. The van der Waals surface area contributed by atoms with Gasteiger partial charge in [-0.3, -0.25) is 4.79 Å². The van der Waals surface area contributed by atoms with E-state index in [9.17, 15) is 4.79 Å². The Morgan fingerprint density at radius 1 is 1.56 bits per heavy atom. The van der Waals surface area contributed by atoms with E-state index >= 15 is 0 Å². The van der Waals surface area contributed by atoms with Crippen molar-refractivity contribution >= 4 is 5.91 Å². The van der Waals surface area contributed by atoms with Crippen LogP contribution in [0.2, 0.25) is 0 Å². The molecule has 1 aliphatic heterocycles. The molecule has 1 N–H and O–H groups in total. The number of carbonyl (C=O) groups is 1. The topological polar surface area (TPSA) is 59.0 Å². The molecule has 5 nitrogen and oxygen atoms in total. The van der Waals surface area contributed by atoms with E-state index in [4.69, 9.17) is 14.6 Å². The van der Waals surface area contributed by atoms with Crippen LogP contribution in [0.3, 0.4) is 0 Å². The van der Waals surface area contributed by atoms with Crippen LogP contribution in [0.25, 0.3) is 0 Å². The van der Waals surface area contributed by atoms with E-state index in [1.165, 1.54) is 6.26 Å². The maximum atomic E-state index is 12.0. The van der Waals surface area contributed by atoms with E-state index in [-0.39, 0.29) is 24.3 Å². The number of hydrogen-bond acceptors (Lipinski definition) is 4. The largest absolute Gasteiger partial charge is 0.494 e. The molecule has 0 aromatic carbocycles. The van der Waals surface area contributed by atoms with Crippen molar-refractivity contribution in [3.63, 3.8) is 0 Å². The van der Waals surface area contributed by atoms with Gasteiger partial charge in [0.1, 0.15) is 19.5 Å². The highest BCUT2D eigenvalue weighted by Crippen LogP contribution is 2.11. The number of nitrogens with zero attached hydrogens (tertiary/aromatic N) is 1. The molecule has 0 radical (unpaired) electrons. The minimum absolute atomic E-state index is 0.0745. The van der Waals surface area contributed by atoms with Gasteiger partial charge in [0.25, 0.3) is 5.91 Å². The van der Waals surface area contributed by atoms with Gasteiger partial charge in [0.15, 0.2) is 0 Å². The number of aliphatic hydroxyl groups excluding tert-OH is 1. The van der Waals surface area contributed by atoms with Crippen molar-refractivity contribution in [3.8, 4) is 0 Å². The summed E-state index contributed by atoms with van der Waals surface area (Å²) in [5.74, 6) is 0.0704. The van der Waals surface area contributed by atoms with Crippen LogP contribution in [0.4, 0.5) is 0 Å². The Bertz CT molecular complexity index is 263. The van der Waals surface area contributed by atoms with E-state index in [1.54, 1.807) is 4.90 Å². The molecule has 0 aromatic rings. The molecule has 0 atom stereocenters. The van der Waals surface area contributed by atoms with E-state index in [2.05, 4.69) is 0 Å². The Kier molecular flexibility index (Phi) is 5.11. The monoisotopic (exact) mass is 229 g/mol. The van der Waals surface area contributed by atoms with Crippen molar-refractivity contribution in [2.45, 2.75) is 26.3 Å². The van der Waals surface area contributed by atoms with E-state index in [0.717, 1.165) is 0 Å².